The van der Waals surface area contributed by atoms with Crippen molar-refractivity contribution in [3.05, 3.63) is 41.6 Å². The number of nitrogens with zero attached hydrogens (tertiary/aromatic N) is 1. The molecule has 0 saturated carbocycles. The lowest BCUT2D eigenvalue weighted by Gasteiger charge is -2.45. The van der Waals surface area contributed by atoms with Crippen molar-refractivity contribution in [3.8, 4) is 0 Å². The van der Waals surface area contributed by atoms with Crippen LogP contribution in [0.4, 0.5) is 0 Å². The van der Waals surface area contributed by atoms with Gasteiger partial charge in [0, 0.05) is 12.1 Å². The van der Waals surface area contributed by atoms with Gasteiger partial charge in [0.1, 0.15) is 0 Å². The zero-order valence-electron chi connectivity index (χ0n) is 12.2. The van der Waals surface area contributed by atoms with Crippen molar-refractivity contribution in [2.75, 3.05) is 0 Å². The molecule has 0 bridgehead atoms. The van der Waals surface area contributed by atoms with E-state index in [0.717, 1.165) is 6.42 Å². The zero-order chi connectivity index (χ0) is 14.4. The minimum Gasteiger partial charge on any atom is -0.393 e. The highest BCUT2D eigenvalue weighted by Gasteiger charge is 2.55. The van der Waals surface area contributed by atoms with E-state index in [4.69, 9.17) is 0 Å². The Balaban J connectivity index is 1.87. The molecule has 1 amide bonds. The largest absolute Gasteiger partial charge is 0.393 e. The topological polar surface area (TPSA) is 40.5 Å². The number of amides is 1. The summed E-state index contributed by atoms with van der Waals surface area (Å²) in [4.78, 5) is 13.8. The van der Waals surface area contributed by atoms with Gasteiger partial charge in [-0.3, -0.25) is 4.79 Å². The minimum atomic E-state index is -0.568. The van der Waals surface area contributed by atoms with Crippen LogP contribution < -0.4 is 0 Å². The molecule has 1 fully saturated rings. The van der Waals surface area contributed by atoms with Gasteiger partial charge in [-0.15, -0.1) is 0 Å². The van der Waals surface area contributed by atoms with Crippen molar-refractivity contribution >= 4 is 11.5 Å². The van der Waals surface area contributed by atoms with E-state index in [0.29, 0.717) is 0 Å². The Morgan fingerprint density at radius 3 is 2.50 bits per heavy atom. The van der Waals surface area contributed by atoms with Crippen molar-refractivity contribution in [1.82, 2.24) is 4.90 Å². The monoisotopic (exact) mass is 271 g/mol. The van der Waals surface area contributed by atoms with E-state index < -0.39 is 6.10 Å². The SMILES string of the molecule is CCc1ccc(C2=CN3C(=O)C(C(C)O)C3C2C)cc1. The number of hydrogen-bond donors (Lipinski definition) is 1. The first kappa shape index (κ1) is 13.4. The standard InChI is InChI=1S/C17H21NO2/c1-4-12-5-7-13(8-6-12)14-9-18-16(10(14)2)15(11(3)19)17(18)20/h5-11,15-16,19H,4H2,1-3H3. The van der Waals surface area contributed by atoms with Crippen LogP contribution in [-0.2, 0) is 11.2 Å². The third-order valence-electron chi connectivity index (χ3n) is 4.73. The van der Waals surface area contributed by atoms with Crippen LogP contribution in [0.25, 0.3) is 5.57 Å². The van der Waals surface area contributed by atoms with Crippen molar-refractivity contribution < 1.29 is 9.90 Å². The molecular weight excluding hydrogens is 250 g/mol. The Bertz CT molecular complexity index is 559. The number of hydrogen-bond acceptors (Lipinski definition) is 2. The molecule has 1 N–H and O–H groups in total. The van der Waals surface area contributed by atoms with E-state index >= 15 is 0 Å². The van der Waals surface area contributed by atoms with Crippen LogP contribution in [0.1, 0.15) is 31.9 Å². The molecule has 2 aliphatic rings. The lowest BCUT2D eigenvalue weighted by molar-refractivity contribution is -0.158. The van der Waals surface area contributed by atoms with Gasteiger partial charge in [-0.05, 0) is 30.0 Å². The lowest BCUT2D eigenvalue weighted by Crippen LogP contribution is -2.61. The van der Waals surface area contributed by atoms with Crippen LogP contribution in [0.15, 0.2) is 30.5 Å². The van der Waals surface area contributed by atoms with E-state index in [9.17, 15) is 9.90 Å². The van der Waals surface area contributed by atoms with Gasteiger partial charge in [0.25, 0.3) is 0 Å². The molecule has 0 radical (unpaired) electrons. The molecule has 3 heteroatoms. The Morgan fingerprint density at radius 1 is 1.30 bits per heavy atom. The molecule has 3 nitrogen and oxygen atoms in total. The fourth-order valence-corrected chi connectivity index (χ4v) is 3.47. The molecule has 0 aliphatic carbocycles. The summed E-state index contributed by atoms with van der Waals surface area (Å²) in [6, 6.07) is 8.69. The van der Waals surface area contributed by atoms with E-state index in [2.05, 4.69) is 38.1 Å². The van der Waals surface area contributed by atoms with Gasteiger partial charge >= 0.3 is 0 Å². The van der Waals surface area contributed by atoms with Gasteiger partial charge in [-0.25, -0.2) is 0 Å². The van der Waals surface area contributed by atoms with Crippen LogP contribution in [0.3, 0.4) is 0 Å². The van der Waals surface area contributed by atoms with Crippen LogP contribution in [0.5, 0.6) is 0 Å². The first-order valence-corrected chi connectivity index (χ1v) is 7.36. The molecule has 3 rings (SSSR count). The van der Waals surface area contributed by atoms with E-state index in [-0.39, 0.29) is 23.8 Å². The summed E-state index contributed by atoms with van der Waals surface area (Å²) in [5.74, 6) is 0.0884. The van der Waals surface area contributed by atoms with Gasteiger partial charge in [-0.1, -0.05) is 38.1 Å². The number of benzene rings is 1. The van der Waals surface area contributed by atoms with Crippen molar-refractivity contribution in [2.24, 2.45) is 11.8 Å². The normalized spacial score (nSPS) is 29.8. The second-order valence-corrected chi connectivity index (χ2v) is 5.93. The summed E-state index contributed by atoms with van der Waals surface area (Å²) >= 11 is 0. The van der Waals surface area contributed by atoms with E-state index in [1.807, 2.05) is 6.20 Å². The molecular formula is C17H21NO2. The molecule has 2 heterocycles. The van der Waals surface area contributed by atoms with Gasteiger partial charge in [-0.2, -0.15) is 0 Å². The fourth-order valence-electron chi connectivity index (χ4n) is 3.47. The summed E-state index contributed by atoms with van der Waals surface area (Å²) in [5, 5.41) is 9.76. The molecule has 1 aromatic rings. The first-order valence-electron chi connectivity index (χ1n) is 7.36. The smallest absolute Gasteiger partial charge is 0.234 e. The van der Waals surface area contributed by atoms with Gasteiger partial charge < -0.3 is 10.0 Å². The summed E-state index contributed by atoms with van der Waals surface area (Å²) in [6.45, 7) is 6.00. The number of fused-ring (bicyclic) bond motifs is 1. The number of β-lactam (4-membered cyclic amide) rings is 1. The molecule has 0 aromatic heterocycles. The van der Waals surface area contributed by atoms with Gasteiger partial charge in [0.05, 0.1) is 18.1 Å². The summed E-state index contributed by atoms with van der Waals surface area (Å²) in [5.41, 5.74) is 3.71. The van der Waals surface area contributed by atoms with Crippen molar-refractivity contribution in [3.63, 3.8) is 0 Å². The Hall–Kier alpha value is -1.61. The molecule has 20 heavy (non-hydrogen) atoms. The highest BCUT2D eigenvalue weighted by Crippen LogP contribution is 2.46. The second kappa shape index (κ2) is 4.74. The molecule has 106 valence electrons. The maximum atomic E-state index is 12.0. The predicted molar refractivity (Wildman–Crippen MR) is 78.8 cm³/mol. The van der Waals surface area contributed by atoms with Crippen LogP contribution in [0.2, 0.25) is 0 Å². The minimum absolute atomic E-state index is 0.0528. The number of aliphatic hydroxyl groups excluding tert-OH is 1. The van der Waals surface area contributed by atoms with Crippen LogP contribution >= 0.6 is 0 Å². The number of aliphatic hydroxyl groups is 1. The highest BCUT2D eigenvalue weighted by molar-refractivity contribution is 5.92. The molecule has 1 saturated heterocycles. The lowest BCUT2D eigenvalue weighted by atomic mass is 9.77. The van der Waals surface area contributed by atoms with Crippen molar-refractivity contribution in [2.45, 2.75) is 39.3 Å². The number of rotatable bonds is 3. The number of aryl methyl sites for hydroxylation is 1. The predicted octanol–water partition coefficient (Wildman–Crippen LogP) is 2.45. The Kier molecular flexibility index (Phi) is 3.17. The van der Waals surface area contributed by atoms with Crippen molar-refractivity contribution in [1.29, 1.82) is 0 Å². The van der Waals surface area contributed by atoms with E-state index in [1.165, 1.54) is 16.7 Å². The maximum Gasteiger partial charge on any atom is 0.234 e. The number of carbonyl (C=O) groups excluding carboxylic acids is 1. The average Bonchev–Trinajstić information content (AvgIpc) is 2.72. The third-order valence-corrected chi connectivity index (χ3v) is 4.73. The Labute approximate surface area is 119 Å². The molecule has 4 unspecified atom stereocenters. The highest BCUT2D eigenvalue weighted by atomic mass is 16.3. The summed E-state index contributed by atoms with van der Waals surface area (Å²) < 4.78 is 0. The van der Waals surface area contributed by atoms with Crippen LogP contribution in [0, 0.1) is 11.8 Å². The van der Waals surface area contributed by atoms with Gasteiger partial charge in [0.2, 0.25) is 5.91 Å². The van der Waals surface area contributed by atoms with E-state index in [1.54, 1.807) is 11.8 Å². The molecule has 4 atom stereocenters. The quantitative estimate of drug-likeness (QED) is 0.858. The molecule has 0 spiro atoms. The zero-order valence-corrected chi connectivity index (χ0v) is 12.2. The number of carbonyl (C=O) groups is 1. The van der Waals surface area contributed by atoms with Gasteiger partial charge in [0.15, 0.2) is 0 Å². The maximum absolute atomic E-state index is 12.0. The Morgan fingerprint density at radius 2 is 1.95 bits per heavy atom. The fraction of sp³-hybridized carbons (Fsp3) is 0.471. The third kappa shape index (κ3) is 1.80. The average molecular weight is 271 g/mol. The second-order valence-electron chi connectivity index (χ2n) is 5.93. The first-order chi connectivity index (χ1) is 9.54. The summed E-state index contributed by atoms with van der Waals surface area (Å²) in [7, 11) is 0. The molecule has 1 aromatic carbocycles. The summed E-state index contributed by atoms with van der Waals surface area (Å²) in [6.07, 6.45) is 2.44. The van der Waals surface area contributed by atoms with Crippen LogP contribution in [-0.4, -0.2) is 28.1 Å². The molecule has 2 aliphatic heterocycles.